The van der Waals surface area contributed by atoms with E-state index >= 15 is 0 Å². The molecular formula is C14H10F3NS2. The largest absolute Gasteiger partial charge is 0.341 e. The van der Waals surface area contributed by atoms with E-state index in [1.807, 2.05) is 0 Å². The second-order valence-electron chi connectivity index (χ2n) is 3.96. The fourth-order valence-corrected chi connectivity index (χ4v) is 2.43. The van der Waals surface area contributed by atoms with Crippen LogP contribution in [0, 0.1) is 17.5 Å². The summed E-state index contributed by atoms with van der Waals surface area (Å²) in [6, 6.07) is 9.57. The van der Waals surface area contributed by atoms with Crippen LogP contribution in [-0.2, 0) is 5.75 Å². The molecule has 2 rings (SSSR count). The molecule has 0 radical (unpaired) electrons. The Morgan fingerprint density at radius 3 is 2.35 bits per heavy atom. The third-order valence-electron chi connectivity index (χ3n) is 2.45. The van der Waals surface area contributed by atoms with Crippen molar-refractivity contribution in [3.63, 3.8) is 0 Å². The van der Waals surface area contributed by atoms with Crippen molar-refractivity contribution in [2.75, 3.05) is 5.32 Å². The molecule has 0 heterocycles. The summed E-state index contributed by atoms with van der Waals surface area (Å²) >= 11 is 6.42. The number of benzene rings is 2. The van der Waals surface area contributed by atoms with Gasteiger partial charge < -0.3 is 5.32 Å². The van der Waals surface area contributed by atoms with Gasteiger partial charge in [-0.3, -0.25) is 0 Å². The Kier molecular flexibility index (Phi) is 5.03. The Labute approximate surface area is 124 Å². The molecule has 0 saturated heterocycles. The van der Waals surface area contributed by atoms with Crippen molar-refractivity contribution in [3.8, 4) is 0 Å². The van der Waals surface area contributed by atoms with Crippen LogP contribution >= 0.6 is 24.0 Å². The van der Waals surface area contributed by atoms with E-state index < -0.39 is 11.6 Å². The Hall–Kier alpha value is -1.53. The molecule has 0 fully saturated rings. The highest BCUT2D eigenvalue weighted by Crippen LogP contribution is 2.18. The Morgan fingerprint density at radius 2 is 1.70 bits per heavy atom. The summed E-state index contributed by atoms with van der Waals surface area (Å²) in [6.07, 6.45) is 0. The van der Waals surface area contributed by atoms with Gasteiger partial charge in [0.1, 0.15) is 10.1 Å². The van der Waals surface area contributed by atoms with Gasteiger partial charge in [-0.25, -0.2) is 13.2 Å². The van der Waals surface area contributed by atoms with Gasteiger partial charge in [0, 0.05) is 17.5 Å². The van der Waals surface area contributed by atoms with Gasteiger partial charge in [-0.05, 0) is 29.8 Å². The van der Waals surface area contributed by atoms with E-state index in [-0.39, 0.29) is 5.82 Å². The summed E-state index contributed by atoms with van der Waals surface area (Å²) in [6.45, 7) is 0. The number of thioether (sulfide) groups is 1. The molecule has 0 unspecified atom stereocenters. The predicted molar refractivity (Wildman–Crippen MR) is 80.3 cm³/mol. The SMILES string of the molecule is Fc1ccc(CSC(=S)Nc2ccc(F)c(F)c2)cc1. The van der Waals surface area contributed by atoms with Gasteiger partial charge in [-0.15, -0.1) is 0 Å². The highest BCUT2D eigenvalue weighted by Gasteiger charge is 2.05. The maximum atomic E-state index is 13.0. The van der Waals surface area contributed by atoms with E-state index in [9.17, 15) is 13.2 Å². The van der Waals surface area contributed by atoms with E-state index in [0.717, 1.165) is 17.7 Å². The number of thiocarbonyl (C=S) groups is 1. The quantitative estimate of drug-likeness (QED) is 0.823. The van der Waals surface area contributed by atoms with Crippen LogP contribution in [0.25, 0.3) is 0 Å². The number of nitrogens with one attached hydrogen (secondary N) is 1. The first-order chi connectivity index (χ1) is 9.54. The second kappa shape index (κ2) is 6.76. The normalized spacial score (nSPS) is 10.3. The third-order valence-corrected chi connectivity index (χ3v) is 3.75. The fraction of sp³-hybridized carbons (Fsp3) is 0.0714. The first-order valence-corrected chi connectivity index (χ1v) is 7.07. The van der Waals surface area contributed by atoms with E-state index in [1.165, 1.54) is 30.0 Å². The lowest BCUT2D eigenvalue weighted by molar-refractivity contribution is 0.509. The van der Waals surface area contributed by atoms with Crippen molar-refractivity contribution in [1.29, 1.82) is 0 Å². The van der Waals surface area contributed by atoms with Crippen LogP contribution in [0.5, 0.6) is 0 Å². The van der Waals surface area contributed by atoms with Crippen LogP contribution in [0.2, 0.25) is 0 Å². The number of halogens is 3. The fourth-order valence-electron chi connectivity index (χ4n) is 1.46. The average molecular weight is 313 g/mol. The number of hydrogen-bond acceptors (Lipinski definition) is 2. The van der Waals surface area contributed by atoms with Gasteiger partial charge in [0.2, 0.25) is 0 Å². The van der Waals surface area contributed by atoms with Crippen LogP contribution in [-0.4, -0.2) is 4.32 Å². The smallest absolute Gasteiger partial charge is 0.160 e. The van der Waals surface area contributed by atoms with E-state index in [4.69, 9.17) is 12.2 Å². The van der Waals surface area contributed by atoms with Crippen molar-refractivity contribution in [3.05, 3.63) is 65.5 Å². The molecule has 1 nitrogen and oxygen atoms in total. The van der Waals surface area contributed by atoms with Crippen molar-refractivity contribution < 1.29 is 13.2 Å². The topological polar surface area (TPSA) is 12.0 Å². The zero-order valence-electron chi connectivity index (χ0n) is 10.2. The number of rotatable bonds is 3. The molecule has 6 heteroatoms. The summed E-state index contributed by atoms with van der Waals surface area (Å²) in [4.78, 5) is 0. The van der Waals surface area contributed by atoms with Crippen molar-refractivity contribution in [2.45, 2.75) is 5.75 Å². The Morgan fingerprint density at radius 1 is 1.00 bits per heavy atom. The van der Waals surface area contributed by atoms with Gasteiger partial charge in [-0.2, -0.15) is 0 Å². The van der Waals surface area contributed by atoms with Crippen LogP contribution in [0.3, 0.4) is 0 Å². The summed E-state index contributed by atoms with van der Waals surface area (Å²) in [5.41, 5.74) is 1.31. The zero-order valence-corrected chi connectivity index (χ0v) is 11.8. The summed E-state index contributed by atoms with van der Waals surface area (Å²) < 4.78 is 38.9. The van der Waals surface area contributed by atoms with E-state index in [1.54, 1.807) is 12.1 Å². The molecule has 0 atom stereocenters. The van der Waals surface area contributed by atoms with Crippen LogP contribution in [0.15, 0.2) is 42.5 Å². The van der Waals surface area contributed by atoms with Crippen molar-refractivity contribution in [1.82, 2.24) is 0 Å². The third kappa shape index (κ3) is 4.25. The molecule has 0 aliphatic heterocycles. The zero-order chi connectivity index (χ0) is 14.5. The van der Waals surface area contributed by atoms with Crippen LogP contribution < -0.4 is 5.32 Å². The summed E-state index contributed by atoms with van der Waals surface area (Å²) in [5.74, 6) is -1.56. The molecule has 2 aromatic carbocycles. The lowest BCUT2D eigenvalue weighted by Crippen LogP contribution is -2.05. The lowest BCUT2D eigenvalue weighted by atomic mass is 10.2. The van der Waals surface area contributed by atoms with Crippen LogP contribution in [0.1, 0.15) is 5.56 Å². The minimum absolute atomic E-state index is 0.291. The van der Waals surface area contributed by atoms with Crippen molar-refractivity contribution >= 4 is 34.0 Å². The molecule has 20 heavy (non-hydrogen) atoms. The Bertz CT molecular complexity index is 614. The molecule has 0 aliphatic carbocycles. The standard InChI is InChI=1S/C14H10F3NS2/c15-10-3-1-9(2-4-10)8-20-14(19)18-11-5-6-12(16)13(17)7-11/h1-7H,8H2,(H,18,19). The second-order valence-corrected chi connectivity index (χ2v) is 5.61. The molecule has 0 spiro atoms. The van der Waals surface area contributed by atoms with Gasteiger partial charge in [0.25, 0.3) is 0 Å². The predicted octanol–water partition coefficient (Wildman–Crippen LogP) is 4.73. The lowest BCUT2D eigenvalue weighted by Gasteiger charge is -2.08. The first-order valence-electron chi connectivity index (χ1n) is 5.68. The van der Waals surface area contributed by atoms with Gasteiger partial charge in [0.05, 0.1) is 0 Å². The summed E-state index contributed by atoms with van der Waals surface area (Å²) in [5, 5.41) is 2.81. The molecule has 2 aromatic rings. The van der Waals surface area contributed by atoms with E-state index in [0.29, 0.717) is 15.8 Å². The number of anilines is 1. The van der Waals surface area contributed by atoms with Crippen molar-refractivity contribution in [2.24, 2.45) is 0 Å². The maximum Gasteiger partial charge on any atom is 0.160 e. The van der Waals surface area contributed by atoms with Gasteiger partial charge in [0.15, 0.2) is 11.6 Å². The minimum atomic E-state index is -0.929. The molecular weight excluding hydrogens is 303 g/mol. The molecule has 0 aliphatic rings. The van der Waals surface area contributed by atoms with Crippen LogP contribution in [0.4, 0.5) is 18.9 Å². The number of hydrogen-bond donors (Lipinski definition) is 1. The summed E-state index contributed by atoms with van der Waals surface area (Å²) in [7, 11) is 0. The maximum absolute atomic E-state index is 13.0. The minimum Gasteiger partial charge on any atom is -0.341 e. The highest BCUT2D eigenvalue weighted by molar-refractivity contribution is 8.22. The Balaban J connectivity index is 1.89. The average Bonchev–Trinajstić information content (AvgIpc) is 2.42. The molecule has 0 saturated carbocycles. The van der Waals surface area contributed by atoms with Gasteiger partial charge in [-0.1, -0.05) is 36.1 Å². The molecule has 0 bridgehead atoms. The highest BCUT2D eigenvalue weighted by atomic mass is 32.2. The molecule has 0 aromatic heterocycles. The first kappa shape index (κ1) is 14.9. The molecule has 1 N–H and O–H groups in total. The van der Waals surface area contributed by atoms with Gasteiger partial charge >= 0.3 is 0 Å². The monoisotopic (exact) mass is 313 g/mol. The molecule has 104 valence electrons. The molecule has 0 amide bonds. The van der Waals surface area contributed by atoms with E-state index in [2.05, 4.69) is 5.32 Å².